The number of oxazole rings is 1. The zero-order valence-corrected chi connectivity index (χ0v) is 17.7. The SMILES string of the molecule is O=C(NCc1cccc(F)c1)N1Cc2nc(CN3CCCCC3)oc2C1.O=C(O)C(F)(F)F. The molecule has 0 atom stereocenters. The maximum atomic E-state index is 13.2. The third kappa shape index (κ3) is 7.17. The third-order valence-corrected chi connectivity index (χ3v) is 5.17. The molecule has 0 radical (unpaired) electrons. The molecule has 2 aromatic rings. The largest absolute Gasteiger partial charge is 0.490 e. The number of halogens is 4. The molecule has 1 aromatic carbocycles. The summed E-state index contributed by atoms with van der Waals surface area (Å²) in [5.41, 5.74) is 1.58. The van der Waals surface area contributed by atoms with Gasteiger partial charge in [0.2, 0.25) is 5.89 Å². The van der Waals surface area contributed by atoms with E-state index < -0.39 is 12.1 Å². The first-order valence-electron chi connectivity index (χ1n) is 10.4. The highest BCUT2D eigenvalue weighted by Crippen LogP contribution is 2.24. The van der Waals surface area contributed by atoms with E-state index in [1.807, 2.05) is 0 Å². The first-order chi connectivity index (χ1) is 15.6. The molecule has 8 nitrogen and oxygen atoms in total. The lowest BCUT2D eigenvalue weighted by Crippen LogP contribution is -2.36. The quantitative estimate of drug-likeness (QED) is 0.659. The zero-order valence-electron chi connectivity index (χ0n) is 17.7. The van der Waals surface area contributed by atoms with Crippen molar-refractivity contribution in [3.63, 3.8) is 0 Å². The van der Waals surface area contributed by atoms with Crippen molar-refractivity contribution in [1.82, 2.24) is 20.1 Å². The summed E-state index contributed by atoms with van der Waals surface area (Å²) < 4.78 is 50.8. The molecule has 0 aliphatic carbocycles. The lowest BCUT2D eigenvalue weighted by Gasteiger charge is -2.24. The van der Waals surface area contributed by atoms with Crippen molar-refractivity contribution in [3.8, 4) is 0 Å². The molecule has 1 fully saturated rings. The molecule has 2 aliphatic heterocycles. The highest BCUT2D eigenvalue weighted by Gasteiger charge is 2.38. The number of hydrogen-bond donors (Lipinski definition) is 2. The number of rotatable bonds is 4. The Labute approximate surface area is 187 Å². The van der Waals surface area contributed by atoms with Crippen LogP contribution in [0, 0.1) is 5.82 Å². The topological polar surface area (TPSA) is 98.9 Å². The van der Waals surface area contributed by atoms with Crippen LogP contribution in [0.4, 0.5) is 22.4 Å². The number of hydrogen-bond acceptors (Lipinski definition) is 5. The van der Waals surface area contributed by atoms with Gasteiger partial charge in [-0.3, -0.25) is 4.90 Å². The van der Waals surface area contributed by atoms with E-state index in [9.17, 15) is 22.4 Å². The molecule has 4 rings (SSSR count). The second-order valence-corrected chi connectivity index (χ2v) is 7.76. The number of carboxylic acids is 1. The van der Waals surface area contributed by atoms with Crippen LogP contribution in [0.25, 0.3) is 0 Å². The summed E-state index contributed by atoms with van der Waals surface area (Å²) in [6, 6.07) is 6.03. The molecule has 33 heavy (non-hydrogen) atoms. The third-order valence-electron chi connectivity index (χ3n) is 5.17. The van der Waals surface area contributed by atoms with Crippen LogP contribution in [0.2, 0.25) is 0 Å². The van der Waals surface area contributed by atoms with E-state index >= 15 is 0 Å². The number of piperidine rings is 1. The van der Waals surface area contributed by atoms with Gasteiger partial charge in [-0.1, -0.05) is 18.6 Å². The molecule has 0 unspecified atom stereocenters. The van der Waals surface area contributed by atoms with Crippen LogP contribution in [-0.4, -0.2) is 51.2 Å². The van der Waals surface area contributed by atoms with E-state index in [0.717, 1.165) is 42.5 Å². The van der Waals surface area contributed by atoms with Crippen LogP contribution in [0.15, 0.2) is 28.7 Å². The number of alkyl halides is 3. The normalized spacial score (nSPS) is 16.1. The van der Waals surface area contributed by atoms with E-state index in [1.54, 1.807) is 17.0 Å². The number of carboxylic acid groups (broad SMARTS) is 1. The van der Waals surface area contributed by atoms with Gasteiger partial charge in [-0.15, -0.1) is 0 Å². The predicted octanol–water partition coefficient (Wildman–Crippen LogP) is 3.66. The van der Waals surface area contributed by atoms with Crippen molar-refractivity contribution in [2.45, 2.75) is 51.6 Å². The molecule has 3 heterocycles. The maximum Gasteiger partial charge on any atom is 0.490 e. The number of urea groups is 1. The van der Waals surface area contributed by atoms with E-state index in [0.29, 0.717) is 19.6 Å². The number of nitrogens with zero attached hydrogens (tertiary/aromatic N) is 3. The van der Waals surface area contributed by atoms with Gasteiger partial charge in [-0.05, 0) is 43.6 Å². The molecule has 180 valence electrons. The van der Waals surface area contributed by atoms with Gasteiger partial charge in [0, 0.05) is 6.54 Å². The van der Waals surface area contributed by atoms with Crippen LogP contribution in [0.3, 0.4) is 0 Å². The second kappa shape index (κ2) is 10.6. The number of aliphatic carboxylic acids is 1. The Morgan fingerprint density at radius 3 is 2.45 bits per heavy atom. The van der Waals surface area contributed by atoms with Crippen molar-refractivity contribution in [2.75, 3.05) is 13.1 Å². The predicted molar refractivity (Wildman–Crippen MR) is 107 cm³/mol. The molecule has 1 saturated heterocycles. The van der Waals surface area contributed by atoms with E-state index in [1.165, 1.54) is 31.4 Å². The second-order valence-electron chi connectivity index (χ2n) is 7.76. The number of carbonyl (C=O) groups excluding carboxylic acids is 1. The summed E-state index contributed by atoms with van der Waals surface area (Å²) in [6.45, 7) is 4.12. The number of fused-ring (bicyclic) bond motifs is 1. The highest BCUT2D eigenvalue weighted by molar-refractivity contribution is 5.74. The van der Waals surface area contributed by atoms with Gasteiger partial charge in [0.05, 0.1) is 19.6 Å². The van der Waals surface area contributed by atoms with Gasteiger partial charge in [0.15, 0.2) is 0 Å². The summed E-state index contributed by atoms with van der Waals surface area (Å²) in [5.74, 6) is -1.54. The summed E-state index contributed by atoms with van der Waals surface area (Å²) in [4.78, 5) is 29.8. The number of amides is 2. The number of benzene rings is 1. The molecular formula is C21H24F4N4O4. The molecule has 0 bridgehead atoms. The monoisotopic (exact) mass is 472 g/mol. The van der Waals surface area contributed by atoms with Crippen LogP contribution in [0.5, 0.6) is 0 Å². The van der Waals surface area contributed by atoms with Crippen LogP contribution in [0.1, 0.15) is 42.2 Å². The molecule has 2 N–H and O–H groups in total. The molecule has 0 saturated carbocycles. The van der Waals surface area contributed by atoms with E-state index in [2.05, 4.69) is 15.2 Å². The first kappa shape index (κ1) is 24.5. The van der Waals surface area contributed by atoms with E-state index in [-0.39, 0.29) is 11.8 Å². The maximum absolute atomic E-state index is 13.2. The van der Waals surface area contributed by atoms with Crippen LogP contribution < -0.4 is 5.32 Å². The smallest absolute Gasteiger partial charge is 0.475 e. The van der Waals surface area contributed by atoms with Crippen LogP contribution in [-0.2, 0) is 31.0 Å². The fourth-order valence-corrected chi connectivity index (χ4v) is 3.55. The summed E-state index contributed by atoms with van der Waals surface area (Å²) in [7, 11) is 0. The van der Waals surface area contributed by atoms with Crippen molar-refractivity contribution >= 4 is 12.0 Å². The standard InChI is InChI=1S/C19H23FN4O2.C2HF3O2/c20-15-6-4-5-14(9-15)10-21-19(25)24-11-16-17(12-24)26-18(22-16)13-23-7-2-1-3-8-23;3-2(4,5)1(6)7/h4-6,9H,1-3,7-8,10-13H2,(H,21,25);(H,6,7). The Balaban J connectivity index is 0.000000383. The lowest BCUT2D eigenvalue weighted by atomic mass is 10.1. The number of nitrogens with one attached hydrogen (secondary N) is 1. The number of likely N-dealkylation sites (tertiary alicyclic amines) is 1. The van der Waals surface area contributed by atoms with Gasteiger partial charge >= 0.3 is 18.2 Å². The van der Waals surface area contributed by atoms with Crippen molar-refractivity contribution < 1.29 is 36.7 Å². The molecular weight excluding hydrogens is 448 g/mol. The highest BCUT2D eigenvalue weighted by atomic mass is 19.4. The molecule has 0 spiro atoms. The number of carbonyl (C=O) groups is 2. The fraction of sp³-hybridized carbons (Fsp3) is 0.476. The molecule has 2 amide bonds. The van der Waals surface area contributed by atoms with Gasteiger partial charge < -0.3 is 19.7 Å². The Morgan fingerprint density at radius 1 is 1.15 bits per heavy atom. The van der Waals surface area contributed by atoms with Crippen molar-refractivity contribution in [1.29, 1.82) is 0 Å². The van der Waals surface area contributed by atoms with Crippen molar-refractivity contribution in [3.05, 3.63) is 53.0 Å². The van der Waals surface area contributed by atoms with Gasteiger partial charge in [0.25, 0.3) is 0 Å². The Morgan fingerprint density at radius 2 is 1.85 bits per heavy atom. The summed E-state index contributed by atoms with van der Waals surface area (Å²) in [6.07, 6.45) is -1.31. The minimum atomic E-state index is -5.08. The van der Waals surface area contributed by atoms with Gasteiger partial charge in [0.1, 0.15) is 17.3 Å². The summed E-state index contributed by atoms with van der Waals surface area (Å²) >= 11 is 0. The average molecular weight is 472 g/mol. The minimum Gasteiger partial charge on any atom is -0.475 e. The molecule has 1 aromatic heterocycles. The Bertz CT molecular complexity index is 950. The van der Waals surface area contributed by atoms with Crippen LogP contribution >= 0.6 is 0 Å². The Hall–Kier alpha value is -3.15. The number of aromatic nitrogens is 1. The van der Waals surface area contributed by atoms with Gasteiger partial charge in [-0.25, -0.2) is 19.0 Å². The minimum absolute atomic E-state index is 0.194. The first-order valence-corrected chi connectivity index (χ1v) is 10.4. The molecule has 2 aliphatic rings. The summed E-state index contributed by atoms with van der Waals surface area (Å²) in [5, 5.41) is 9.94. The Kier molecular flexibility index (Phi) is 7.90. The van der Waals surface area contributed by atoms with E-state index in [4.69, 9.17) is 14.3 Å². The fourth-order valence-electron chi connectivity index (χ4n) is 3.55. The van der Waals surface area contributed by atoms with Gasteiger partial charge in [-0.2, -0.15) is 13.2 Å². The zero-order chi connectivity index (χ0) is 24.0. The molecule has 12 heteroatoms. The lowest BCUT2D eigenvalue weighted by molar-refractivity contribution is -0.192. The average Bonchev–Trinajstić information content (AvgIpc) is 3.31. The van der Waals surface area contributed by atoms with Crippen molar-refractivity contribution in [2.24, 2.45) is 0 Å².